The summed E-state index contributed by atoms with van der Waals surface area (Å²) in [5.41, 5.74) is 1.71. The molecule has 0 fully saturated rings. The summed E-state index contributed by atoms with van der Waals surface area (Å²) in [7, 11) is 1.59. The minimum Gasteiger partial charge on any atom is -0.497 e. The van der Waals surface area contributed by atoms with E-state index >= 15 is 0 Å². The Bertz CT molecular complexity index is 1030. The second-order valence-corrected chi connectivity index (χ2v) is 7.32. The SMILES string of the molecule is CCOC(=O)Cc1nc([C@@H](CC(=O)Cc2ccc(F)cc2)Cc2ccc(OC)cc2)no1. The molecule has 168 valence electrons. The Morgan fingerprint density at radius 1 is 1.03 bits per heavy atom. The van der Waals surface area contributed by atoms with E-state index in [-0.39, 0.29) is 49.3 Å². The number of hydrogen-bond donors (Lipinski definition) is 0. The maximum absolute atomic E-state index is 13.1. The van der Waals surface area contributed by atoms with Crippen LogP contribution in [0.15, 0.2) is 53.1 Å². The molecule has 3 aromatic rings. The van der Waals surface area contributed by atoms with Crippen LogP contribution in [-0.2, 0) is 33.6 Å². The first-order chi connectivity index (χ1) is 15.5. The number of rotatable bonds is 11. The summed E-state index contributed by atoms with van der Waals surface area (Å²) >= 11 is 0. The Labute approximate surface area is 185 Å². The summed E-state index contributed by atoms with van der Waals surface area (Å²) in [5, 5.41) is 4.01. The fourth-order valence-electron chi connectivity index (χ4n) is 3.32. The maximum Gasteiger partial charge on any atom is 0.315 e. The lowest BCUT2D eigenvalue weighted by molar-refractivity contribution is -0.142. The Kier molecular flexibility index (Phi) is 8.08. The van der Waals surface area contributed by atoms with Gasteiger partial charge in [-0.3, -0.25) is 9.59 Å². The van der Waals surface area contributed by atoms with Gasteiger partial charge in [0.2, 0.25) is 5.89 Å². The van der Waals surface area contributed by atoms with Crippen LogP contribution in [0.25, 0.3) is 0 Å². The zero-order valence-corrected chi connectivity index (χ0v) is 18.0. The molecule has 32 heavy (non-hydrogen) atoms. The lowest BCUT2D eigenvalue weighted by Crippen LogP contribution is -2.14. The van der Waals surface area contributed by atoms with Gasteiger partial charge >= 0.3 is 5.97 Å². The molecule has 0 spiro atoms. The normalized spacial score (nSPS) is 11.7. The highest BCUT2D eigenvalue weighted by atomic mass is 19.1. The predicted molar refractivity (Wildman–Crippen MR) is 114 cm³/mol. The molecule has 0 aliphatic rings. The predicted octanol–water partition coefficient (Wildman–Crippen LogP) is 3.85. The van der Waals surface area contributed by atoms with E-state index in [1.54, 1.807) is 26.2 Å². The first-order valence-electron chi connectivity index (χ1n) is 10.3. The molecule has 0 aliphatic heterocycles. The molecule has 0 amide bonds. The number of hydrogen-bond acceptors (Lipinski definition) is 7. The molecule has 1 atom stereocenters. The van der Waals surface area contributed by atoms with Crippen molar-refractivity contribution < 1.29 is 28.0 Å². The number of esters is 1. The summed E-state index contributed by atoms with van der Waals surface area (Å²) in [6.45, 7) is 1.98. The van der Waals surface area contributed by atoms with E-state index in [2.05, 4.69) is 10.1 Å². The highest BCUT2D eigenvalue weighted by Gasteiger charge is 2.23. The largest absolute Gasteiger partial charge is 0.497 e. The summed E-state index contributed by atoms with van der Waals surface area (Å²) in [5.74, 6) is 0.0370. The van der Waals surface area contributed by atoms with E-state index in [1.807, 2.05) is 24.3 Å². The second kappa shape index (κ2) is 11.2. The van der Waals surface area contributed by atoms with Crippen LogP contribution in [0.2, 0.25) is 0 Å². The van der Waals surface area contributed by atoms with E-state index < -0.39 is 5.97 Å². The van der Waals surface area contributed by atoms with Gasteiger partial charge in [0, 0.05) is 18.8 Å². The van der Waals surface area contributed by atoms with Crippen molar-refractivity contribution in [1.82, 2.24) is 10.1 Å². The number of benzene rings is 2. The number of aromatic nitrogens is 2. The molecule has 3 rings (SSSR count). The molecule has 0 unspecified atom stereocenters. The highest BCUT2D eigenvalue weighted by Crippen LogP contribution is 2.25. The second-order valence-electron chi connectivity index (χ2n) is 7.32. The molecular formula is C24H25FN2O5. The highest BCUT2D eigenvalue weighted by molar-refractivity contribution is 5.81. The lowest BCUT2D eigenvalue weighted by atomic mass is 9.91. The van der Waals surface area contributed by atoms with Crippen molar-refractivity contribution in [3.63, 3.8) is 0 Å². The molecule has 0 aliphatic carbocycles. The summed E-state index contributed by atoms with van der Waals surface area (Å²) in [6.07, 6.45) is 0.714. The minimum absolute atomic E-state index is 0.0353. The van der Waals surface area contributed by atoms with Crippen LogP contribution < -0.4 is 4.74 Å². The van der Waals surface area contributed by atoms with Crippen molar-refractivity contribution in [2.24, 2.45) is 0 Å². The number of ether oxygens (including phenoxy) is 2. The van der Waals surface area contributed by atoms with E-state index in [4.69, 9.17) is 14.0 Å². The molecule has 1 aromatic heterocycles. The molecule has 0 radical (unpaired) electrons. The molecule has 1 heterocycles. The molecule has 0 N–H and O–H groups in total. The molecular weight excluding hydrogens is 415 g/mol. The van der Waals surface area contributed by atoms with E-state index in [9.17, 15) is 14.0 Å². The fourth-order valence-corrected chi connectivity index (χ4v) is 3.32. The average Bonchev–Trinajstić information content (AvgIpc) is 3.24. The van der Waals surface area contributed by atoms with Crippen molar-refractivity contribution in [3.8, 4) is 5.75 Å². The number of methoxy groups -OCH3 is 1. The molecule has 0 saturated carbocycles. The Hall–Kier alpha value is -3.55. The first-order valence-corrected chi connectivity index (χ1v) is 10.3. The van der Waals surface area contributed by atoms with Crippen molar-refractivity contribution in [2.75, 3.05) is 13.7 Å². The standard InChI is InChI=1S/C24H25FN2O5/c1-3-31-23(29)15-22-26-24(27-32-22)18(12-16-6-10-21(30-2)11-7-16)14-20(28)13-17-4-8-19(25)9-5-17/h4-11,18H,3,12-15H2,1-2H3/t18-/m1/s1. The summed E-state index contributed by atoms with van der Waals surface area (Å²) in [4.78, 5) is 28.8. The van der Waals surface area contributed by atoms with E-state index in [0.717, 1.165) is 16.9 Å². The van der Waals surface area contributed by atoms with Gasteiger partial charge in [-0.2, -0.15) is 4.98 Å². The van der Waals surface area contributed by atoms with Crippen LogP contribution in [0.3, 0.4) is 0 Å². The van der Waals surface area contributed by atoms with Gasteiger partial charge in [0.25, 0.3) is 0 Å². The maximum atomic E-state index is 13.1. The van der Waals surface area contributed by atoms with Crippen molar-refractivity contribution in [2.45, 2.75) is 38.5 Å². The van der Waals surface area contributed by atoms with Gasteiger partial charge in [-0.15, -0.1) is 0 Å². The number of ketones is 1. The monoisotopic (exact) mass is 440 g/mol. The van der Waals surface area contributed by atoms with Crippen LogP contribution in [0.4, 0.5) is 4.39 Å². The third-order valence-corrected chi connectivity index (χ3v) is 4.88. The van der Waals surface area contributed by atoms with Gasteiger partial charge in [-0.05, 0) is 48.7 Å². The molecule has 7 nitrogen and oxygen atoms in total. The van der Waals surface area contributed by atoms with Gasteiger partial charge in [0.1, 0.15) is 23.8 Å². The lowest BCUT2D eigenvalue weighted by Gasteiger charge is -2.13. The summed E-state index contributed by atoms with van der Waals surface area (Å²) in [6, 6.07) is 13.4. The average molecular weight is 440 g/mol. The van der Waals surface area contributed by atoms with Crippen molar-refractivity contribution in [1.29, 1.82) is 0 Å². The van der Waals surface area contributed by atoms with Crippen LogP contribution >= 0.6 is 0 Å². The molecule has 0 bridgehead atoms. The summed E-state index contributed by atoms with van der Waals surface area (Å²) < 4.78 is 28.5. The van der Waals surface area contributed by atoms with Crippen molar-refractivity contribution >= 4 is 11.8 Å². The number of Topliss-reactive ketones (excluding diaryl/α,β-unsaturated/α-hetero) is 1. The molecule has 8 heteroatoms. The van der Waals surface area contributed by atoms with Crippen LogP contribution in [0.1, 0.15) is 42.1 Å². The zero-order chi connectivity index (χ0) is 22.9. The first kappa shape index (κ1) is 23.1. The minimum atomic E-state index is -0.457. The van der Waals surface area contributed by atoms with Crippen molar-refractivity contribution in [3.05, 3.63) is 77.2 Å². The number of halogens is 1. The van der Waals surface area contributed by atoms with Gasteiger partial charge in [-0.1, -0.05) is 29.4 Å². The zero-order valence-electron chi connectivity index (χ0n) is 18.0. The van der Waals surface area contributed by atoms with E-state index in [0.29, 0.717) is 12.2 Å². The van der Waals surface area contributed by atoms with E-state index in [1.165, 1.54) is 12.1 Å². The third kappa shape index (κ3) is 6.73. The Morgan fingerprint density at radius 3 is 2.38 bits per heavy atom. The van der Waals surface area contributed by atoms with Gasteiger partial charge in [0.05, 0.1) is 13.7 Å². The molecule has 0 saturated heterocycles. The van der Waals surface area contributed by atoms with Gasteiger partial charge in [0.15, 0.2) is 5.82 Å². The number of carbonyl (C=O) groups excluding carboxylic acids is 2. The smallest absolute Gasteiger partial charge is 0.315 e. The van der Waals surface area contributed by atoms with Crippen LogP contribution in [0, 0.1) is 5.82 Å². The van der Waals surface area contributed by atoms with Gasteiger partial charge in [-0.25, -0.2) is 4.39 Å². The number of nitrogens with zero attached hydrogens (tertiary/aromatic N) is 2. The molecule has 2 aromatic carbocycles. The topological polar surface area (TPSA) is 91.5 Å². The quantitative estimate of drug-likeness (QED) is 0.418. The Balaban J connectivity index is 1.75. The van der Waals surface area contributed by atoms with Crippen LogP contribution in [0.5, 0.6) is 5.75 Å². The number of carbonyl (C=O) groups is 2. The van der Waals surface area contributed by atoms with Gasteiger partial charge < -0.3 is 14.0 Å². The fraction of sp³-hybridized carbons (Fsp3) is 0.333. The Morgan fingerprint density at radius 2 is 1.72 bits per heavy atom. The third-order valence-electron chi connectivity index (χ3n) is 4.88. The van der Waals surface area contributed by atoms with Crippen LogP contribution in [-0.4, -0.2) is 35.6 Å².